The lowest BCUT2D eigenvalue weighted by molar-refractivity contribution is -0.136. The van der Waals surface area contributed by atoms with Crippen molar-refractivity contribution < 1.29 is 18.7 Å². The molecule has 1 aromatic rings. The fraction of sp³-hybridized carbons (Fsp3) is 0.167. The highest BCUT2D eigenvalue weighted by Crippen LogP contribution is 2.30. The third-order valence-electron chi connectivity index (χ3n) is 2.92. The average molecular weight is 248 g/mol. The molecule has 0 aromatic heterocycles. The van der Waals surface area contributed by atoms with Crippen LogP contribution in [0.4, 0.5) is 9.18 Å². The van der Waals surface area contributed by atoms with Crippen molar-refractivity contribution in [1.29, 1.82) is 0 Å². The summed E-state index contributed by atoms with van der Waals surface area (Å²) < 4.78 is 17.8. The number of halogens is 1. The highest BCUT2D eigenvalue weighted by Gasteiger charge is 2.37. The number of hydrogen-bond acceptors (Lipinski definition) is 3. The van der Waals surface area contributed by atoms with Gasteiger partial charge in [-0.25, -0.2) is 14.0 Å². The van der Waals surface area contributed by atoms with Gasteiger partial charge < -0.3 is 15.4 Å². The van der Waals surface area contributed by atoms with E-state index in [9.17, 15) is 14.0 Å². The molecule has 0 radical (unpaired) electrons. The van der Waals surface area contributed by atoms with E-state index in [0.717, 1.165) is 0 Å². The molecule has 1 atom stereocenters. The van der Waals surface area contributed by atoms with Crippen LogP contribution in [0.2, 0.25) is 0 Å². The molecule has 1 unspecified atom stereocenters. The lowest BCUT2D eigenvalue weighted by Gasteiger charge is -2.24. The SMILES string of the molecule is O=C1NC2=C(C(=O)OC2)C(c2ccc(F)cc2)N1. The zero-order valence-electron chi connectivity index (χ0n) is 9.20. The summed E-state index contributed by atoms with van der Waals surface area (Å²) in [4.78, 5) is 23.1. The topological polar surface area (TPSA) is 67.4 Å². The number of carbonyl (C=O) groups is 2. The second-order valence-corrected chi connectivity index (χ2v) is 4.05. The van der Waals surface area contributed by atoms with Crippen LogP contribution < -0.4 is 10.6 Å². The lowest BCUT2D eigenvalue weighted by atomic mass is 9.96. The number of ether oxygens (including phenoxy) is 1. The first kappa shape index (κ1) is 10.8. The van der Waals surface area contributed by atoms with Crippen LogP contribution in [-0.4, -0.2) is 18.6 Å². The van der Waals surface area contributed by atoms with Gasteiger partial charge in [-0.1, -0.05) is 12.1 Å². The predicted octanol–water partition coefficient (Wildman–Crippen LogP) is 0.990. The average Bonchev–Trinajstić information content (AvgIpc) is 2.71. The minimum Gasteiger partial charge on any atom is -0.456 e. The number of esters is 1. The Hall–Kier alpha value is -2.37. The molecule has 0 spiro atoms. The van der Waals surface area contributed by atoms with Gasteiger partial charge in [0.1, 0.15) is 12.4 Å². The molecule has 0 fully saturated rings. The van der Waals surface area contributed by atoms with Crippen molar-refractivity contribution >= 4 is 12.0 Å². The van der Waals surface area contributed by atoms with E-state index in [1.165, 1.54) is 24.3 Å². The molecule has 3 rings (SSSR count). The number of carbonyl (C=O) groups excluding carboxylic acids is 2. The Kier molecular flexibility index (Phi) is 2.29. The van der Waals surface area contributed by atoms with Gasteiger partial charge in [0.25, 0.3) is 0 Å². The summed E-state index contributed by atoms with van der Waals surface area (Å²) in [5.74, 6) is -0.839. The maximum absolute atomic E-state index is 12.9. The molecule has 0 aliphatic carbocycles. The first-order valence-electron chi connectivity index (χ1n) is 5.38. The number of nitrogens with one attached hydrogen (secondary N) is 2. The second-order valence-electron chi connectivity index (χ2n) is 4.05. The van der Waals surface area contributed by atoms with E-state index in [1.54, 1.807) is 0 Å². The minimum absolute atomic E-state index is 0.0687. The van der Waals surface area contributed by atoms with E-state index in [2.05, 4.69) is 10.6 Å². The summed E-state index contributed by atoms with van der Waals surface area (Å²) >= 11 is 0. The summed E-state index contributed by atoms with van der Waals surface area (Å²) in [5.41, 5.74) is 1.48. The van der Waals surface area contributed by atoms with Gasteiger partial charge in [-0.2, -0.15) is 0 Å². The van der Waals surface area contributed by atoms with Gasteiger partial charge in [0.15, 0.2) is 0 Å². The first-order chi connectivity index (χ1) is 8.65. The van der Waals surface area contributed by atoms with Crippen molar-refractivity contribution in [3.8, 4) is 0 Å². The van der Waals surface area contributed by atoms with Crippen molar-refractivity contribution in [1.82, 2.24) is 10.6 Å². The van der Waals surface area contributed by atoms with Crippen molar-refractivity contribution in [2.45, 2.75) is 6.04 Å². The number of urea groups is 1. The molecular weight excluding hydrogens is 239 g/mol. The van der Waals surface area contributed by atoms with E-state index < -0.39 is 18.0 Å². The van der Waals surface area contributed by atoms with Crippen LogP contribution >= 0.6 is 0 Å². The number of hydrogen-bond donors (Lipinski definition) is 2. The van der Waals surface area contributed by atoms with Crippen LogP contribution in [-0.2, 0) is 9.53 Å². The molecule has 2 amide bonds. The summed E-state index contributed by atoms with van der Waals surface area (Å²) in [7, 11) is 0. The maximum Gasteiger partial charge on any atom is 0.338 e. The maximum atomic E-state index is 12.9. The van der Waals surface area contributed by atoms with Crippen LogP contribution in [0.5, 0.6) is 0 Å². The highest BCUT2D eigenvalue weighted by molar-refractivity contribution is 5.97. The molecule has 1 aromatic carbocycles. The van der Waals surface area contributed by atoms with Crippen LogP contribution in [0.15, 0.2) is 35.5 Å². The standard InChI is InChI=1S/C12H9FN2O3/c13-7-3-1-6(2-4-7)10-9-8(5-18-11(9)16)14-12(17)15-10/h1-4,10H,5H2,(H2,14,15,17). The Balaban J connectivity index is 2.04. The molecule has 18 heavy (non-hydrogen) atoms. The normalized spacial score (nSPS) is 22.2. The summed E-state index contributed by atoms with van der Waals surface area (Å²) in [5, 5.41) is 5.15. The highest BCUT2D eigenvalue weighted by atomic mass is 19.1. The van der Waals surface area contributed by atoms with Crippen LogP contribution in [0.25, 0.3) is 0 Å². The molecule has 0 saturated heterocycles. The summed E-state index contributed by atoms with van der Waals surface area (Å²) in [6.07, 6.45) is 0. The largest absolute Gasteiger partial charge is 0.456 e. The smallest absolute Gasteiger partial charge is 0.338 e. The van der Waals surface area contributed by atoms with E-state index in [4.69, 9.17) is 4.74 Å². The summed E-state index contributed by atoms with van der Waals surface area (Å²) in [6, 6.07) is 4.63. The fourth-order valence-corrected chi connectivity index (χ4v) is 2.09. The number of cyclic esters (lactones) is 1. The first-order valence-corrected chi connectivity index (χ1v) is 5.38. The van der Waals surface area contributed by atoms with Gasteiger partial charge in [0.05, 0.1) is 17.3 Å². The van der Waals surface area contributed by atoms with Crippen molar-refractivity contribution in [2.75, 3.05) is 6.61 Å². The number of amides is 2. The van der Waals surface area contributed by atoms with Gasteiger partial charge in [-0.15, -0.1) is 0 Å². The molecule has 2 aliphatic heterocycles. The predicted molar refractivity (Wildman–Crippen MR) is 58.8 cm³/mol. The zero-order chi connectivity index (χ0) is 12.7. The fourth-order valence-electron chi connectivity index (χ4n) is 2.09. The Morgan fingerprint density at radius 3 is 2.67 bits per heavy atom. The molecule has 2 N–H and O–H groups in total. The third kappa shape index (κ3) is 1.62. The molecule has 2 heterocycles. The van der Waals surface area contributed by atoms with E-state index in [-0.39, 0.29) is 12.4 Å². The van der Waals surface area contributed by atoms with E-state index in [0.29, 0.717) is 16.8 Å². The second kappa shape index (κ2) is 3.83. The van der Waals surface area contributed by atoms with Gasteiger partial charge in [0.2, 0.25) is 0 Å². The van der Waals surface area contributed by atoms with E-state index >= 15 is 0 Å². The monoisotopic (exact) mass is 248 g/mol. The number of rotatable bonds is 1. The minimum atomic E-state index is -0.593. The van der Waals surface area contributed by atoms with Crippen molar-refractivity contribution in [3.63, 3.8) is 0 Å². The van der Waals surface area contributed by atoms with Crippen LogP contribution in [0.1, 0.15) is 11.6 Å². The van der Waals surface area contributed by atoms with Gasteiger partial charge in [-0.05, 0) is 17.7 Å². The Labute approximate surface area is 102 Å². The van der Waals surface area contributed by atoms with E-state index in [1.807, 2.05) is 0 Å². The van der Waals surface area contributed by atoms with Crippen LogP contribution in [0.3, 0.4) is 0 Å². The molecule has 0 bridgehead atoms. The summed E-state index contributed by atoms with van der Waals surface area (Å²) in [6.45, 7) is 0.0687. The van der Waals surface area contributed by atoms with Crippen molar-refractivity contribution in [2.24, 2.45) is 0 Å². The van der Waals surface area contributed by atoms with Gasteiger partial charge in [-0.3, -0.25) is 0 Å². The molecule has 5 nitrogen and oxygen atoms in total. The Morgan fingerprint density at radius 1 is 1.22 bits per heavy atom. The molecule has 6 heteroatoms. The van der Waals surface area contributed by atoms with Gasteiger partial charge in [0, 0.05) is 0 Å². The lowest BCUT2D eigenvalue weighted by Crippen LogP contribution is -2.44. The Morgan fingerprint density at radius 2 is 1.94 bits per heavy atom. The van der Waals surface area contributed by atoms with Crippen molar-refractivity contribution in [3.05, 3.63) is 46.9 Å². The molecular formula is C12H9FN2O3. The molecule has 2 aliphatic rings. The van der Waals surface area contributed by atoms with Gasteiger partial charge >= 0.3 is 12.0 Å². The zero-order valence-corrected chi connectivity index (χ0v) is 9.20. The number of benzene rings is 1. The molecule has 0 saturated carbocycles. The van der Waals surface area contributed by atoms with Crippen LogP contribution in [0, 0.1) is 5.82 Å². The third-order valence-corrected chi connectivity index (χ3v) is 2.92. The quantitative estimate of drug-likeness (QED) is 0.728. The molecule has 92 valence electrons. The Bertz CT molecular complexity index is 565.